The predicted molar refractivity (Wildman–Crippen MR) is 72.1 cm³/mol. The lowest BCUT2D eigenvalue weighted by Gasteiger charge is -2.09. The van der Waals surface area contributed by atoms with Crippen LogP contribution in [0.15, 0.2) is 42.5 Å². The number of carbonyl (C=O) groups is 1. The van der Waals surface area contributed by atoms with Crippen molar-refractivity contribution in [2.45, 2.75) is 20.3 Å². The zero-order chi connectivity index (χ0) is 13.1. The molecule has 0 aromatic heterocycles. The minimum absolute atomic E-state index is 0.351. The van der Waals surface area contributed by atoms with Gasteiger partial charge >= 0.3 is 5.97 Å². The molecule has 2 nitrogen and oxygen atoms in total. The second-order valence-electron chi connectivity index (χ2n) is 4.55. The number of carboxylic acids is 1. The van der Waals surface area contributed by atoms with Crippen LogP contribution in [0, 0.1) is 13.8 Å². The first-order valence-corrected chi connectivity index (χ1v) is 5.95. The van der Waals surface area contributed by atoms with Gasteiger partial charge in [-0.1, -0.05) is 30.3 Å². The molecule has 0 aliphatic rings. The molecule has 0 radical (unpaired) electrons. The molecular formula is C16H16O2. The highest BCUT2D eigenvalue weighted by Crippen LogP contribution is 2.18. The molecule has 0 heterocycles. The van der Waals surface area contributed by atoms with Crippen LogP contribution in [-0.4, -0.2) is 11.1 Å². The van der Waals surface area contributed by atoms with Crippen molar-refractivity contribution in [1.29, 1.82) is 0 Å². The summed E-state index contributed by atoms with van der Waals surface area (Å²) in [5.74, 6) is -0.874. The molecule has 0 saturated carbocycles. The van der Waals surface area contributed by atoms with E-state index in [1.54, 1.807) is 12.1 Å². The lowest BCUT2D eigenvalue weighted by molar-refractivity contribution is 0.0697. The average Bonchev–Trinajstić information content (AvgIpc) is 2.34. The summed E-state index contributed by atoms with van der Waals surface area (Å²) >= 11 is 0. The van der Waals surface area contributed by atoms with E-state index in [-0.39, 0.29) is 0 Å². The molecule has 0 fully saturated rings. The first-order chi connectivity index (χ1) is 8.58. The van der Waals surface area contributed by atoms with Gasteiger partial charge in [0.25, 0.3) is 0 Å². The summed E-state index contributed by atoms with van der Waals surface area (Å²) in [5, 5.41) is 9.02. The number of rotatable bonds is 3. The molecule has 2 heteroatoms. The lowest BCUT2D eigenvalue weighted by atomic mass is 9.96. The van der Waals surface area contributed by atoms with Crippen LogP contribution >= 0.6 is 0 Å². The minimum Gasteiger partial charge on any atom is -0.478 e. The van der Waals surface area contributed by atoms with E-state index >= 15 is 0 Å². The lowest BCUT2D eigenvalue weighted by Crippen LogP contribution is -2.00. The Morgan fingerprint density at radius 3 is 2.33 bits per heavy atom. The maximum atomic E-state index is 11.0. The molecule has 18 heavy (non-hydrogen) atoms. The molecule has 0 amide bonds. The number of hydrogen-bond donors (Lipinski definition) is 1. The van der Waals surface area contributed by atoms with Crippen molar-refractivity contribution in [3.63, 3.8) is 0 Å². The normalized spacial score (nSPS) is 10.3. The number of hydrogen-bond acceptors (Lipinski definition) is 1. The first-order valence-electron chi connectivity index (χ1n) is 5.95. The van der Waals surface area contributed by atoms with Gasteiger partial charge in [-0.25, -0.2) is 4.79 Å². The molecule has 0 atom stereocenters. The average molecular weight is 240 g/mol. The molecule has 2 aromatic carbocycles. The van der Waals surface area contributed by atoms with Gasteiger partial charge in [0.2, 0.25) is 0 Å². The van der Waals surface area contributed by atoms with Gasteiger partial charge in [0.05, 0.1) is 5.56 Å². The third kappa shape index (κ3) is 2.59. The van der Waals surface area contributed by atoms with Crippen molar-refractivity contribution >= 4 is 5.97 Å². The zero-order valence-electron chi connectivity index (χ0n) is 10.6. The topological polar surface area (TPSA) is 37.3 Å². The Morgan fingerprint density at radius 2 is 1.67 bits per heavy atom. The van der Waals surface area contributed by atoms with Crippen molar-refractivity contribution < 1.29 is 9.90 Å². The monoisotopic (exact) mass is 240 g/mol. The number of benzene rings is 2. The third-order valence-corrected chi connectivity index (χ3v) is 3.24. The van der Waals surface area contributed by atoms with Gasteiger partial charge < -0.3 is 5.11 Å². The highest BCUT2D eigenvalue weighted by atomic mass is 16.4. The summed E-state index contributed by atoms with van der Waals surface area (Å²) in [6.45, 7) is 4.09. The third-order valence-electron chi connectivity index (χ3n) is 3.24. The van der Waals surface area contributed by atoms with Crippen molar-refractivity contribution in [1.82, 2.24) is 0 Å². The van der Waals surface area contributed by atoms with Gasteiger partial charge in [0, 0.05) is 0 Å². The van der Waals surface area contributed by atoms with Gasteiger partial charge in [0.1, 0.15) is 0 Å². The molecule has 1 N–H and O–H groups in total. The van der Waals surface area contributed by atoms with Crippen molar-refractivity contribution in [3.05, 3.63) is 70.3 Å². The molecule has 0 spiro atoms. The molecule has 2 aromatic rings. The van der Waals surface area contributed by atoms with E-state index in [2.05, 4.69) is 19.1 Å². The Balaban J connectivity index is 2.37. The second-order valence-corrected chi connectivity index (χ2v) is 4.55. The van der Waals surface area contributed by atoms with Gasteiger partial charge in [-0.15, -0.1) is 0 Å². The fraction of sp³-hybridized carbons (Fsp3) is 0.188. The Kier molecular flexibility index (Phi) is 3.47. The summed E-state index contributed by atoms with van der Waals surface area (Å²) in [6.07, 6.45) is 0.777. The maximum absolute atomic E-state index is 11.0. The standard InChI is InChI=1S/C16H16O2/c1-11-5-3-4-6-13(11)9-15-10-14(16(17)18)8-7-12(15)2/h3-8,10H,9H2,1-2H3,(H,17,18). The molecule has 0 bridgehead atoms. The summed E-state index contributed by atoms with van der Waals surface area (Å²) in [6, 6.07) is 13.5. The molecule has 0 saturated heterocycles. The van der Waals surface area contributed by atoms with Crippen LogP contribution < -0.4 is 0 Å². The van der Waals surface area contributed by atoms with Crippen molar-refractivity contribution in [2.24, 2.45) is 0 Å². The Labute approximate surface area is 107 Å². The largest absolute Gasteiger partial charge is 0.478 e. The smallest absolute Gasteiger partial charge is 0.335 e. The number of carboxylic acid groups (broad SMARTS) is 1. The zero-order valence-corrected chi connectivity index (χ0v) is 10.6. The van der Waals surface area contributed by atoms with E-state index in [9.17, 15) is 4.79 Å². The molecule has 0 unspecified atom stereocenters. The Morgan fingerprint density at radius 1 is 1.00 bits per heavy atom. The second kappa shape index (κ2) is 5.05. The van der Waals surface area contributed by atoms with Crippen LogP contribution in [0.5, 0.6) is 0 Å². The van der Waals surface area contributed by atoms with E-state index in [0.29, 0.717) is 5.56 Å². The van der Waals surface area contributed by atoms with Crippen LogP contribution in [0.4, 0.5) is 0 Å². The fourth-order valence-corrected chi connectivity index (χ4v) is 2.01. The number of aryl methyl sites for hydroxylation is 2. The van der Waals surface area contributed by atoms with Gasteiger partial charge in [-0.2, -0.15) is 0 Å². The summed E-state index contributed by atoms with van der Waals surface area (Å²) in [7, 11) is 0. The quantitative estimate of drug-likeness (QED) is 0.890. The molecule has 0 aliphatic heterocycles. The maximum Gasteiger partial charge on any atom is 0.335 e. The molecule has 2 rings (SSSR count). The minimum atomic E-state index is -0.874. The van der Waals surface area contributed by atoms with E-state index in [1.165, 1.54) is 11.1 Å². The van der Waals surface area contributed by atoms with Gasteiger partial charge in [-0.05, 0) is 54.7 Å². The van der Waals surface area contributed by atoms with E-state index < -0.39 is 5.97 Å². The Hall–Kier alpha value is -2.09. The highest BCUT2D eigenvalue weighted by Gasteiger charge is 2.07. The van der Waals surface area contributed by atoms with Crippen LogP contribution in [0.2, 0.25) is 0 Å². The van der Waals surface area contributed by atoms with E-state index in [1.807, 2.05) is 25.1 Å². The molecule has 92 valence electrons. The van der Waals surface area contributed by atoms with Crippen LogP contribution in [-0.2, 0) is 6.42 Å². The van der Waals surface area contributed by atoms with E-state index in [4.69, 9.17) is 5.11 Å². The predicted octanol–water partition coefficient (Wildman–Crippen LogP) is 3.59. The number of aromatic carboxylic acids is 1. The molecule has 0 aliphatic carbocycles. The Bertz CT molecular complexity index is 585. The van der Waals surface area contributed by atoms with Crippen LogP contribution in [0.3, 0.4) is 0 Å². The van der Waals surface area contributed by atoms with Crippen molar-refractivity contribution in [3.8, 4) is 0 Å². The SMILES string of the molecule is Cc1ccccc1Cc1cc(C(=O)O)ccc1C. The summed E-state index contributed by atoms with van der Waals surface area (Å²) < 4.78 is 0. The fourth-order valence-electron chi connectivity index (χ4n) is 2.01. The van der Waals surface area contributed by atoms with Crippen LogP contribution in [0.25, 0.3) is 0 Å². The molecular weight excluding hydrogens is 224 g/mol. The highest BCUT2D eigenvalue weighted by molar-refractivity contribution is 5.87. The summed E-state index contributed by atoms with van der Waals surface area (Å²) in [4.78, 5) is 11.0. The van der Waals surface area contributed by atoms with Gasteiger partial charge in [-0.3, -0.25) is 0 Å². The van der Waals surface area contributed by atoms with E-state index in [0.717, 1.165) is 17.5 Å². The summed E-state index contributed by atoms with van der Waals surface area (Å²) in [5.41, 5.74) is 5.03. The van der Waals surface area contributed by atoms with Gasteiger partial charge in [0.15, 0.2) is 0 Å². The van der Waals surface area contributed by atoms with Crippen LogP contribution in [0.1, 0.15) is 32.6 Å². The first kappa shape index (κ1) is 12.4. The van der Waals surface area contributed by atoms with Crippen molar-refractivity contribution in [2.75, 3.05) is 0 Å².